The van der Waals surface area contributed by atoms with Crippen molar-refractivity contribution in [2.45, 2.75) is 13.8 Å². The summed E-state index contributed by atoms with van der Waals surface area (Å²) in [5, 5.41) is 9.11. The van der Waals surface area contributed by atoms with Crippen LogP contribution in [0, 0.1) is 5.92 Å². The molecule has 0 saturated heterocycles. The summed E-state index contributed by atoms with van der Waals surface area (Å²) >= 11 is 0. The topological polar surface area (TPSA) is 69.8 Å². The lowest BCUT2D eigenvalue weighted by Gasteiger charge is -2.29. The van der Waals surface area contributed by atoms with E-state index in [1.165, 1.54) is 0 Å². The third-order valence-corrected chi connectivity index (χ3v) is 3.02. The fourth-order valence-corrected chi connectivity index (χ4v) is 2.02. The van der Waals surface area contributed by atoms with Gasteiger partial charge >= 0.3 is 5.97 Å². The van der Waals surface area contributed by atoms with Crippen LogP contribution in [0.4, 0.5) is 11.4 Å². The second-order valence-electron chi connectivity index (χ2n) is 5.72. The molecule has 0 aliphatic carbocycles. The number of carbonyl (C=O) groups is 1. The van der Waals surface area contributed by atoms with E-state index >= 15 is 0 Å². The van der Waals surface area contributed by atoms with Crippen LogP contribution in [0.2, 0.25) is 0 Å². The maximum absolute atomic E-state index is 11.1. The fraction of sp³-hybridized carbons (Fsp3) is 0.533. The minimum absolute atomic E-state index is 0.271. The zero-order chi connectivity index (χ0) is 15.3. The van der Waals surface area contributed by atoms with Crippen molar-refractivity contribution in [2.75, 3.05) is 44.4 Å². The summed E-state index contributed by atoms with van der Waals surface area (Å²) in [5.74, 6) is -0.451. The van der Waals surface area contributed by atoms with Gasteiger partial charge in [0.2, 0.25) is 0 Å². The van der Waals surface area contributed by atoms with E-state index in [1.54, 1.807) is 18.2 Å². The highest BCUT2D eigenvalue weighted by Crippen LogP contribution is 2.25. The van der Waals surface area contributed by atoms with E-state index in [1.807, 2.05) is 14.1 Å². The first-order valence-corrected chi connectivity index (χ1v) is 6.83. The summed E-state index contributed by atoms with van der Waals surface area (Å²) in [6, 6.07) is 4.87. The first-order chi connectivity index (χ1) is 9.31. The Morgan fingerprint density at radius 3 is 2.45 bits per heavy atom. The number of nitrogen functional groups attached to an aromatic ring is 1. The van der Waals surface area contributed by atoms with E-state index < -0.39 is 5.97 Å². The number of anilines is 2. The average Bonchev–Trinajstić information content (AvgIpc) is 2.34. The van der Waals surface area contributed by atoms with Crippen LogP contribution in [0.15, 0.2) is 18.2 Å². The Morgan fingerprint density at radius 1 is 1.30 bits per heavy atom. The molecule has 0 saturated carbocycles. The maximum atomic E-state index is 11.1. The van der Waals surface area contributed by atoms with Crippen molar-refractivity contribution in [1.29, 1.82) is 0 Å². The predicted molar refractivity (Wildman–Crippen MR) is 83.4 cm³/mol. The smallest absolute Gasteiger partial charge is 0.335 e. The standard InChI is InChI=1S/C15H25N3O2/c1-11(2)10-18(8-7-17(3)4)14-9-12(15(19)20)5-6-13(14)16/h5-6,9,11H,7-8,10,16H2,1-4H3,(H,19,20). The SMILES string of the molecule is CC(C)CN(CCN(C)C)c1cc(C(=O)O)ccc1N. The summed E-state index contributed by atoms with van der Waals surface area (Å²) in [6.07, 6.45) is 0. The molecule has 1 rings (SSSR count). The third kappa shape index (κ3) is 4.74. The number of hydrogen-bond donors (Lipinski definition) is 2. The normalized spacial score (nSPS) is 11.1. The van der Waals surface area contributed by atoms with Crippen LogP contribution in [0.1, 0.15) is 24.2 Å². The molecule has 5 nitrogen and oxygen atoms in total. The molecule has 20 heavy (non-hydrogen) atoms. The summed E-state index contributed by atoms with van der Waals surface area (Å²) in [6.45, 7) is 6.84. The Hall–Kier alpha value is -1.75. The molecule has 3 N–H and O–H groups in total. The molecule has 0 aromatic heterocycles. The second-order valence-corrected chi connectivity index (χ2v) is 5.72. The van der Waals surface area contributed by atoms with Gasteiger partial charge in [-0.15, -0.1) is 0 Å². The number of benzene rings is 1. The average molecular weight is 279 g/mol. The molecule has 0 heterocycles. The van der Waals surface area contributed by atoms with E-state index in [0.29, 0.717) is 11.6 Å². The van der Waals surface area contributed by atoms with E-state index in [4.69, 9.17) is 10.8 Å². The molecule has 112 valence electrons. The fourth-order valence-electron chi connectivity index (χ4n) is 2.02. The molecule has 0 radical (unpaired) electrons. The number of hydrogen-bond acceptors (Lipinski definition) is 4. The van der Waals surface area contributed by atoms with Crippen LogP contribution in [-0.2, 0) is 0 Å². The van der Waals surface area contributed by atoms with E-state index in [-0.39, 0.29) is 5.56 Å². The van der Waals surface area contributed by atoms with Gasteiger partial charge in [0.15, 0.2) is 0 Å². The van der Waals surface area contributed by atoms with Crippen molar-refractivity contribution in [2.24, 2.45) is 5.92 Å². The molecule has 0 atom stereocenters. The number of carboxylic acid groups (broad SMARTS) is 1. The lowest BCUT2D eigenvalue weighted by atomic mass is 10.1. The van der Waals surface area contributed by atoms with Gasteiger partial charge in [-0.1, -0.05) is 13.8 Å². The van der Waals surface area contributed by atoms with Gasteiger partial charge in [0, 0.05) is 19.6 Å². The zero-order valence-electron chi connectivity index (χ0n) is 12.8. The monoisotopic (exact) mass is 279 g/mol. The number of likely N-dealkylation sites (N-methyl/N-ethyl adjacent to an activating group) is 1. The van der Waals surface area contributed by atoms with Crippen LogP contribution in [0.5, 0.6) is 0 Å². The number of nitrogens with zero attached hydrogens (tertiary/aromatic N) is 2. The summed E-state index contributed by atoms with van der Waals surface area (Å²) < 4.78 is 0. The van der Waals surface area contributed by atoms with Gasteiger partial charge in [-0.3, -0.25) is 0 Å². The van der Waals surface area contributed by atoms with Crippen LogP contribution in [-0.4, -0.2) is 49.7 Å². The van der Waals surface area contributed by atoms with Crippen molar-refractivity contribution < 1.29 is 9.90 Å². The van der Waals surface area contributed by atoms with E-state index in [0.717, 1.165) is 25.3 Å². The Morgan fingerprint density at radius 2 is 1.95 bits per heavy atom. The number of rotatable bonds is 7. The Kier molecular flexibility index (Phi) is 5.82. The highest BCUT2D eigenvalue weighted by molar-refractivity contribution is 5.90. The molecule has 0 amide bonds. The Balaban J connectivity index is 3.04. The van der Waals surface area contributed by atoms with Crippen molar-refractivity contribution in [3.63, 3.8) is 0 Å². The second kappa shape index (κ2) is 7.14. The first kappa shape index (κ1) is 16.3. The predicted octanol–water partition coefficient (Wildman–Crippen LogP) is 1.99. The summed E-state index contributed by atoms with van der Waals surface area (Å²) in [7, 11) is 4.04. The minimum Gasteiger partial charge on any atom is -0.478 e. The van der Waals surface area contributed by atoms with Gasteiger partial charge in [0.1, 0.15) is 0 Å². The molecule has 5 heteroatoms. The molecular weight excluding hydrogens is 254 g/mol. The van der Waals surface area contributed by atoms with Crippen LogP contribution in [0.25, 0.3) is 0 Å². The van der Waals surface area contributed by atoms with Crippen LogP contribution < -0.4 is 10.6 Å². The molecule has 1 aromatic rings. The van der Waals surface area contributed by atoms with Gasteiger partial charge < -0.3 is 20.6 Å². The van der Waals surface area contributed by atoms with E-state index in [2.05, 4.69) is 23.6 Å². The number of aromatic carboxylic acids is 1. The summed E-state index contributed by atoms with van der Waals surface area (Å²) in [4.78, 5) is 15.4. The molecule has 0 aliphatic rings. The van der Waals surface area contributed by atoms with Gasteiger partial charge in [-0.2, -0.15) is 0 Å². The van der Waals surface area contributed by atoms with Gasteiger partial charge in [-0.05, 0) is 38.2 Å². The Labute approximate surface area is 121 Å². The largest absolute Gasteiger partial charge is 0.478 e. The van der Waals surface area contributed by atoms with Gasteiger partial charge in [-0.25, -0.2) is 4.79 Å². The van der Waals surface area contributed by atoms with Crippen molar-refractivity contribution in [3.8, 4) is 0 Å². The highest BCUT2D eigenvalue weighted by Gasteiger charge is 2.14. The van der Waals surface area contributed by atoms with Crippen molar-refractivity contribution in [3.05, 3.63) is 23.8 Å². The maximum Gasteiger partial charge on any atom is 0.335 e. The molecule has 0 unspecified atom stereocenters. The lowest BCUT2D eigenvalue weighted by Crippen LogP contribution is -2.35. The molecule has 1 aromatic carbocycles. The van der Waals surface area contributed by atoms with Crippen molar-refractivity contribution >= 4 is 17.3 Å². The first-order valence-electron chi connectivity index (χ1n) is 6.83. The van der Waals surface area contributed by atoms with E-state index in [9.17, 15) is 4.79 Å². The quantitative estimate of drug-likeness (QED) is 0.747. The Bertz CT molecular complexity index is 458. The van der Waals surface area contributed by atoms with Gasteiger partial charge in [0.05, 0.1) is 16.9 Å². The minimum atomic E-state index is -0.927. The number of nitrogens with two attached hydrogens (primary N) is 1. The molecule has 0 fully saturated rings. The zero-order valence-corrected chi connectivity index (χ0v) is 12.8. The molecular formula is C15H25N3O2. The van der Waals surface area contributed by atoms with Crippen molar-refractivity contribution in [1.82, 2.24) is 4.90 Å². The third-order valence-electron chi connectivity index (χ3n) is 3.02. The van der Waals surface area contributed by atoms with Crippen LogP contribution in [0.3, 0.4) is 0 Å². The molecule has 0 bridgehead atoms. The molecule has 0 aliphatic heterocycles. The lowest BCUT2D eigenvalue weighted by molar-refractivity contribution is 0.0697. The molecule has 0 spiro atoms. The summed E-state index contributed by atoms with van der Waals surface area (Å²) in [5.41, 5.74) is 7.72. The number of carboxylic acids is 1. The van der Waals surface area contributed by atoms with Gasteiger partial charge in [0.25, 0.3) is 0 Å². The highest BCUT2D eigenvalue weighted by atomic mass is 16.4. The van der Waals surface area contributed by atoms with Crippen LogP contribution >= 0.6 is 0 Å².